The smallest absolute Gasteiger partial charge is 0.375 e. The first-order valence-corrected chi connectivity index (χ1v) is 7.40. The molecular weight excluding hydrogens is 329 g/mol. The van der Waals surface area contributed by atoms with Gasteiger partial charge in [0.15, 0.2) is 0 Å². The Morgan fingerprint density at radius 2 is 2.00 bits per heavy atom. The van der Waals surface area contributed by atoms with Crippen molar-refractivity contribution in [3.05, 3.63) is 18.5 Å². The summed E-state index contributed by atoms with van der Waals surface area (Å²) in [5, 5.41) is 5.97. The first-order valence-electron chi connectivity index (χ1n) is 7.40. The maximum atomic E-state index is 12.5. The fourth-order valence-corrected chi connectivity index (χ4v) is 2.77. The lowest BCUT2D eigenvalue weighted by atomic mass is 9.86. The van der Waals surface area contributed by atoms with Gasteiger partial charge >= 0.3 is 6.18 Å². The molecule has 10 heteroatoms. The molecule has 0 saturated carbocycles. The fourth-order valence-electron chi connectivity index (χ4n) is 2.77. The molecule has 1 aliphatic rings. The van der Waals surface area contributed by atoms with Crippen LogP contribution in [0.5, 0.6) is 0 Å². The van der Waals surface area contributed by atoms with Crippen LogP contribution in [0.3, 0.4) is 0 Å². The van der Waals surface area contributed by atoms with Crippen LogP contribution in [0.2, 0.25) is 0 Å². The molecule has 24 heavy (non-hydrogen) atoms. The van der Waals surface area contributed by atoms with Crippen LogP contribution in [0.25, 0.3) is 0 Å². The van der Waals surface area contributed by atoms with Gasteiger partial charge in [0, 0.05) is 32.6 Å². The molecule has 7 nitrogen and oxygen atoms in total. The molecule has 134 valence electrons. The second kappa shape index (κ2) is 7.20. The topological polar surface area (TPSA) is 76.5 Å². The van der Waals surface area contributed by atoms with Crippen LogP contribution in [0.15, 0.2) is 18.5 Å². The maximum Gasteiger partial charge on any atom is 0.405 e. The lowest BCUT2D eigenvalue weighted by molar-refractivity contribution is -0.148. The van der Waals surface area contributed by atoms with Crippen molar-refractivity contribution in [1.29, 1.82) is 0 Å². The van der Waals surface area contributed by atoms with Gasteiger partial charge in [-0.15, -0.1) is 0 Å². The van der Waals surface area contributed by atoms with E-state index < -0.39 is 24.2 Å². The number of ether oxygens (including phenoxy) is 1. The lowest BCUT2D eigenvalue weighted by Crippen LogP contribution is -2.57. The molecule has 2 rings (SSSR count). The molecule has 1 fully saturated rings. The zero-order chi connectivity index (χ0) is 17.8. The Morgan fingerprint density at radius 3 is 2.50 bits per heavy atom. The van der Waals surface area contributed by atoms with Crippen molar-refractivity contribution in [2.45, 2.75) is 24.6 Å². The highest BCUT2D eigenvalue weighted by Crippen LogP contribution is 2.30. The van der Waals surface area contributed by atoms with E-state index in [1.807, 2.05) is 5.32 Å². The number of halogens is 3. The predicted molar refractivity (Wildman–Crippen MR) is 77.0 cm³/mol. The fraction of sp³-hybridized carbons (Fsp3) is 0.643. The number of rotatable bonds is 5. The summed E-state index contributed by atoms with van der Waals surface area (Å²) in [6.45, 7) is -1.00. The zero-order valence-corrected chi connectivity index (χ0v) is 13.2. The van der Waals surface area contributed by atoms with E-state index in [1.54, 1.807) is 12.3 Å². The van der Waals surface area contributed by atoms with E-state index in [0.29, 0.717) is 0 Å². The Balaban J connectivity index is 2.13. The van der Waals surface area contributed by atoms with E-state index >= 15 is 0 Å². The van der Waals surface area contributed by atoms with Gasteiger partial charge in [-0.2, -0.15) is 18.3 Å². The number of methoxy groups -OCH3 is 1. The third-order valence-corrected chi connectivity index (χ3v) is 4.03. The van der Waals surface area contributed by atoms with Crippen LogP contribution in [-0.4, -0.2) is 66.0 Å². The molecule has 1 aromatic heterocycles. The minimum Gasteiger partial charge on any atom is -0.375 e. The molecule has 1 N–H and O–H groups in total. The zero-order valence-electron chi connectivity index (χ0n) is 13.2. The summed E-state index contributed by atoms with van der Waals surface area (Å²) in [4.78, 5) is 25.8. The number of nitrogens with zero attached hydrogens (tertiary/aromatic N) is 3. The van der Waals surface area contributed by atoms with Crippen molar-refractivity contribution in [3.8, 4) is 0 Å². The molecule has 0 aliphatic carbocycles. The van der Waals surface area contributed by atoms with Crippen LogP contribution in [0, 0.1) is 0 Å². The van der Waals surface area contributed by atoms with Gasteiger partial charge in [-0.3, -0.25) is 14.3 Å². The molecule has 0 unspecified atom stereocenters. The number of hydrogen-bond acceptors (Lipinski definition) is 4. The molecular formula is C14H19F3N4O3. The third-order valence-electron chi connectivity index (χ3n) is 4.03. The summed E-state index contributed by atoms with van der Waals surface area (Å²) in [5.41, 5.74) is -1.24. The van der Waals surface area contributed by atoms with Gasteiger partial charge in [-0.25, -0.2) is 0 Å². The van der Waals surface area contributed by atoms with Crippen LogP contribution >= 0.6 is 0 Å². The normalized spacial score (nSPS) is 17.6. The molecule has 0 aromatic carbocycles. The van der Waals surface area contributed by atoms with Crippen molar-refractivity contribution in [1.82, 2.24) is 20.0 Å². The Labute approximate surface area is 136 Å². The van der Waals surface area contributed by atoms with Crippen molar-refractivity contribution in [2.24, 2.45) is 0 Å². The van der Waals surface area contributed by atoms with Crippen molar-refractivity contribution >= 4 is 11.8 Å². The Morgan fingerprint density at radius 1 is 1.33 bits per heavy atom. The van der Waals surface area contributed by atoms with Crippen molar-refractivity contribution < 1.29 is 27.5 Å². The monoisotopic (exact) mass is 348 g/mol. The largest absolute Gasteiger partial charge is 0.405 e. The third kappa shape index (κ3) is 4.05. The quantitative estimate of drug-likeness (QED) is 0.842. The number of piperidine rings is 1. The molecule has 0 radical (unpaired) electrons. The highest BCUT2D eigenvalue weighted by atomic mass is 19.4. The number of carbonyl (C=O) groups excluding carboxylic acids is 2. The Kier molecular flexibility index (Phi) is 5.47. The highest BCUT2D eigenvalue weighted by molar-refractivity contribution is 5.85. The number of likely N-dealkylation sites (tertiary alicyclic amines) is 1. The SMILES string of the molecule is COCC(=O)N1CCC(C(=O)NCC(F)(F)F)(n2cccn2)CC1. The molecule has 1 aromatic rings. The van der Waals surface area contributed by atoms with Crippen LogP contribution < -0.4 is 5.32 Å². The number of hydrogen-bond donors (Lipinski definition) is 1. The van der Waals surface area contributed by atoms with Crippen molar-refractivity contribution in [2.75, 3.05) is 33.4 Å². The van der Waals surface area contributed by atoms with E-state index in [9.17, 15) is 22.8 Å². The summed E-state index contributed by atoms with van der Waals surface area (Å²) < 4.78 is 43.4. The van der Waals surface area contributed by atoms with E-state index in [0.717, 1.165) is 0 Å². The van der Waals surface area contributed by atoms with E-state index in [4.69, 9.17) is 4.74 Å². The van der Waals surface area contributed by atoms with Gasteiger partial charge in [0.25, 0.3) is 0 Å². The molecule has 1 aliphatic heterocycles. The van der Waals surface area contributed by atoms with E-state index in [1.165, 1.54) is 22.9 Å². The maximum absolute atomic E-state index is 12.5. The second-order valence-electron chi connectivity index (χ2n) is 5.59. The number of carbonyl (C=O) groups is 2. The molecule has 2 amide bonds. The molecule has 2 heterocycles. The number of aromatic nitrogens is 2. The van der Waals surface area contributed by atoms with Gasteiger partial charge in [-0.05, 0) is 18.9 Å². The van der Waals surface area contributed by atoms with Gasteiger partial charge in [0.1, 0.15) is 18.7 Å². The van der Waals surface area contributed by atoms with Crippen LogP contribution in [-0.2, 0) is 19.9 Å². The number of alkyl halides is 3. The minimum absolute atomic E-state index is 0.0744. The summed E-state index contributed by atoms with van der Waals surface area (Å²) in [7, 11) is 1.40. The number of nitrogens with one attached hydrogen (secondary N) is 1. The molecule has 1 saturated heterocycles. The molecule has 0 spiro atoms. The minimum atomic E-state index is -4.49. The Hall–Kier alpha value is -2.10. The first-order chi connectivity index (χ1) is 11.3. The summed E-state index contributed by atoms with van der Waals surface area (Å²) in [5.74, 6) is -0.968. The van der Waals surface area contributed by atoms with Gasteiger partial charge in [0.2, 0.25) is 11.8 Å². The lowest BCUT2D eigenvalue weighted by Gasteiger charge is -2.40. The van der Waals surface area contributed by atoms with Crippen LogP contribution in [0.4, 0.5) is 13.2 Å². The number of amides is 2. The first kappa shape index (κ1) is 18.2. The van der Waals surface area contributed by atoms with E-state index in [2.05, 4.69) is 5.10 Å². The van der Waals surface area contributed by atoms with Gasteiger partial charge in [-0.1, -0.05) is 0 Å². The van der Waals surface area contributed by atoms with Crippen LogP contribution in [0.1, 0.15) is 12.8 Å². The summed E-state index contributed by atoms with van der Waals surface area (Å²) in [6.07, 6.45) is -1.14. The summed E-state index contributed by atoms with van der Waals surface area (Å²) in [6, 6.07) is 1.60. The molecule has 0 atom stereocenters. The molecule has 0 bridgehead atoms. The average Bonchev–Trinajstić information content (AvgIpc) is 3.07. The predicted octanol–water partition coefficient (Wildman–Crippen LogP) is 0.526. The standard InChI is InChI=1S/C14H19F3N4O3/c1-24-9-11(22)20-7-3-13(4-8-20,21-6-2-5-19-21)12(23)18-10-14(15,16)17/h2,5-6H,3-4,7-10H2,1H3,(H,18,23). The van der Waals surface area contributed by atoms with E-state index in [-0.39, 0.29) is 38.4 Å². The second-order valence-corrected chi connectivity index (χ2v) is 5.59. The average molecular weight is 348 g/mol. The highest BCUT2D eigenvalue weighted by Gasteiger charge is 2.45. The van der Waals surface area contributed by atoms with Crippen molar-refractivity contribution in [3.63, 3.8) is 0 Å². The Bertz CT molecular complexity index is 566. The van der Waals surface area contributed by atoms with Gasteiger partial charge < -0.3 is 15.0 Å². The summed E-state index contributed by atoms with van der Waals surface area (Å²) >= 11 is 0. The van der Waals surface area contributed by atoms with Gasteiger partial charge in [0.05, 0.1) is 0 Å².